The molecule has 0 spiro atoms. The Morgan fingerprint density at radius 1 is 1.23 bits per heavy atom. The molecule has 2 rings (SSSR count). The number of methoxy groups -OCH3 is 1. The van der Waals surface area contributed by atoms with Crippen molar-refractivity contribution >= 4 is 34.1 Å². The number of pyridine rings is 1. The third-order valence-corrected chi connectivity index (χ3v) is 4.52. The highest BCUT2D eigenvalue weighted by Gasteiger charge is 2.14. The van der Waals surface area contributed by atoms with Crippen LogP contribution in [0, 0.1) is 25.2 Å². The van der Waals surface area contributed by atoms with E-state index in [9.17, 15) is 5.26 Å². The second kappa shape index (κ2) is 9.90. The van der Waals surface area contributed by atoms with Gasteiger partial charge in [0.1, 0.15) is 23.7 Å². The van der Waals surface area contributed by atoms with Crippen molar-refractivity contribution in [3.8, 4) is 6.07 Å². The maximum atomic E-state index is 9.42. The molecule has 0 amide bonds. The lowest BCUT2D eigenvalue weighted by molar-refractivity contribution is -0.328. The van der Waals surface area contributed by atoms with Gasteiger partial charge in [-0.05, 0) is 49.7 Å². The average molecular weight is 373 g/mol. The molecule has 1 aromatic carbocycles. The van der Waals surface area contributed by atoms with Gasteiger partial charge in [0, 0.05) is 25.6 Å². The van der Waals surface area contributed by atoms with E-state index in [2.05, 4.69) is 46.9 Å². The third kappa shape index (κ3) is 5.28. The first-order valence-corrected chi connectivity index (χ1v) is 9.08. The lowest BCUT2D eigenvalue weighted by atomic mass is 10.0. The van der Waals surface area contributed by atoms with E-state index < -0.39 is 0 Å². The molecule has 0 radical (unpaired) electrons. The summed E-state index contributed by atoms with van der Waals surface area (Å²) in [4.78, 5) is 3.37. The Morgan fingerprint density at radius 2 is 2.00 bits per heavy atom. The minimum absolute atomic E-state index is 0.598. The largest absolute Gasteiger partial charge is 0.385 e. The molecule has 0 saturated heterocycles. The molecule has 1 heterocycles. The molecule has 138 valence electrons. The van der Waals surface area contributed by atoms with Crippen LogP contribution in [0.3, 0.4) is 0 Å². The summed E-state index contributed by atoms with van der Waals surface area (Å²) in [7, 11) is 1.68. The van der Waals surface area contributed by atoms with E-state index in [0.29, 0.717) is 30.4 Å². The van der Waals surface area contributed by atoms with Gasteiger partial charge in [-0.2, -0.15) is 5.26 Å². The number of hydrogen-bond donors (Lipinski definition) is 3. The zero-order chi connectivity index (χ0) is 18.9. The Labute approximate surface area is 159 Å². The molecule has 2 aromatic rings. The molecule has 0 fully saturated rings. The smallest absolute Gasteiger partial charge is 0.290 e. The molecule has 6 nitrogen and oxygen atoms in total. The van der Waals surface area contributed by atoms with Gasteiger partial charge in [-0.3, -0.25) is 5.32 Å². The molecule has 26 heavy (non-hydrogen) atoms. The predicted molar refractivity (Wildman–Crippen MR) is 108 cm³/mol. The number of aromatic amines is 1. The van der Waals surface area contributed by atoms with Gasteiger partial charge in [0.25, 0.3) is 5.82 Å². The van der Waals surface area contributed by atoms with Gasteiger partial charge >= 0.3 is 0 Å². The zero-order valence-corrected chi connectivity index (χ0v) is 16.3. The molecule has 0 aliphatic rings. The summed E-state index contributed by atoms with van der Waals surface area (Å²) < 4.78 is 5.00. The number of ether oxygens (including phenoxy) is 1. The van der Waals surface area contributed by atoms with Crippen LogP contribution in [0.1, 0.15) is 23.1 Å². The minimum Gasteiger partial charge on any atom is -0.385 e. The number of aryl methyl sites for hydroxylation is 2. The molecule has 1 aromatic heterocycles. The van der Waals surface area contributed by atoms with E-state index in [1.807, 2.05) is 12.1 Å². The maximum absolute atomic E-state index is 9.42. The van der Waals surface area contributed by atoms with E-state index in [-0.39, 0.29) is 0 Å². The number of thiocarbonyl (C=S) groups is 1. The average Bonchev–Trinajstić information content (AvgIpc) is 2.65. The zero-order valence-electron chi connectivity index (χ0n) is 15.5. The van der Waals surface area contributed by atoms with Crippen LogP contribution in [-0.2, 0) is 4.74 Å². The van der Waals surface area contributed by atoms with Crippen LogP contribution in [0.5, 0.6) is 0 Å². The van der Waals surface area contributed by atoms with Gasteiger partial charge in [0.15, 0.2) is 5.11 Å². The lowest BCUT2D eigenvalue weighted by Crippen LogP contribution is -2.38. The van der Waals surface area contributed by atoms with Crippen molar-refractivity contribution in [2.24, 2.45) is 0 Å². The molecule has 0 aliphatic heterocycles. The molecule has 0 aliphatic carbocycles. The number of H-pyrrole nitrogens is 1. The standard InChI is InChI=1S/C19H25N5OS/c1-13-5-6-15-11-16(12-20)18(24-17(15)14(13)2)21-8-9-23-19(26)22-7-4-10-25-3/h5-6,11H,4,7-10H2,1-3H3,(H,21,24)(H2,22,23,26)/p+1. The fraction of sp³-hybridized carbons (Fsp3) is 0.421. The van der Waals surface area contributed by atoms with Crippen LogP contribution in [0.15, 0.2) is 18.2 Å². The van der Waals surface area contributed by atoms with Gasteiger partial charge in [-0.1, -0.05) is 12.1 Å². The Hall–Kier alpha value is -2.43. The van der Waals surface area contributed by atoms with Crippen molar-refractivity contribution in [3.63, 3.8) is 0 Å². The monoisotopic (exact) mass is 372 g/mol. The molecule has 0 saturated carbocycles. The predicted octanol–water partition coefficient (Wildman–Crippen LogP) is 2.05. The number of hydrogen-bond acceptors (Lipinski definition) is 4. The number of nitrogens with zero attached hydrogens (tertiary/aromatic N) is 1. The van der Waals surface area contributed by atoms with Crippen molar-refractivity contribution in [2.45, 2.75) is 20.3 Å². The Morgan fingerprint density at radius 3 is 2.73 bits per heavy atom. The normalized spacial score (nSPS) is 10.4. The summed E-state index contributed by atoms with van der Waals surface area (Å²) in [5.41, 5.74) is 4.06. The van der Waals surface area contributed by atoms with Crippen LogP contribution in [0.4, 0.5) is 5.82 Å². The van der Waals surface area contributed by atoms with Gasteiger partial charge in [-0.15, -0.1) is 0 Å². The lowest BCUT2D eigenvalue weighted by Gasteiger charge is -2.10. The molecular formula is C19H26N5OS+. The number of nitrogens with one attached hydrogen (secondary N) is 4. The van der Waals surface area contributed by atoms with Crippen LogP contribution < -0.4 is 20.9 Å². The number of nitriles is 1. The summed E-state index contributed by atoms with van der Waals surface area (Å²) in [6.45, 7) is 6.95. The summed E-state index contributed by atoms with van der Waals surface area (Å²) >= 11 is 5.23. The topological polar surface area (TPSA) is 83.2 Å². The van der Waals surface area contributed by atoms with Gasteiger partial charge in [-0.25, -0.2) is 4.98 Å². The number of anilines is 1. The second-order valence-electron chi connectivity index (χ2n) is 6.10. The summed E-state index contributed by atoms with van der Waals surface area (Å²) in [5.74, 6) is 0.731. The van der Waals surface area contributed by atoms with E-state index >= 15 is 0 Å². The molecule has 0 unspecified atom stereocenters. The van der Waals surface area contributed by atoms with Crippen LogP contribution in [0.25, 0.3) is 10.9 Å². The van der Waals surface area contributed by atoms with E-state index in [1.54, 1.807) is 7.11 Å². The third-order valence-electron chi connectivity index (χ3n) is 4.23. The summed E-state index contributed by atoms with van der Waals surface area (Å²) in [5, 5.41) is 20.6. The van der Waals surface area contributed by atoms with Gasteiger partial charge < -0.3 is 15.4 Å². The van der Waals surface area contributed by atoms with E-state index in [4.69, 9.17) is 17.0 Å². The second-order valence-corrected chi connectivity index (χ2v) is 6.51. The first kappa shape index (κ1) is 19.9. The first-order chi connectivity index (χ1) is 12.6. The minimum atomic E-state index is 0.598. The van der Waals surface area contributed by atoms with Crippen molar-refractivity contribution < 1.29 is 9.72 Å². The SMILES string of the molecule is COCCCNC(=S)NCCNc1[nH+]c2c(C)c(C)ccc2cc1C#N. The van der Waals surface area contributed by atoms with Gasteiger partial charge in [0.05, 0.1) is 6.54 Å². The molecule has 4 N–H and O–H groups in total. The van der Waals surface area contributed by atoms with E-state index in [0.717, 1.165) is 29.7 Å². The van der Waals surface area contributed by atoms with Crippen molar-refractivity contribution in [3.05, 3.63) is 34.9 Å². The molecule has 0 bridgehead atoms. The number of benzene rings is 1. The van der Waals surface area contributed by atoms with Crippen LogP contribution in [0.2, 0.25) is 0 Å². The highest BCUT2D eigenvalue weighted by atomic mass is 32.1. The van der Waals surface area contributed by atoms with Crippen molar-refractivity contribution in [1.82, 2.24) is 10.6 Å². The number of rotatable bonds is 8. The molecule has 7 heteroatoms. The van der Waals surface area contributed by atoms with Crippen LogP contribution in [-0.4, -0.2) is 38.5 Å². The Balaban J connectivity index is 1.93. The molecule has 0 atom stereocenters. The van der Waals surface area contributed by atoms with E-state index in [1.165, 1.54) is 11.1 Å². The molecular weight excluding hydrogens is 346 g/mol. The quantitative estimate of drug-likeness (QED) is 0.486. The first-order valence-electron chi connectivity index (χ1n) is 8.67. The van der Waals surface area contributed by atoms with Gasteiger partial charge in [0.2, 0.25) is 0 Å². The number of fused-ring (bicyclic) bond motifs is 1. The highest BCUT2D eigenvalue weighted by molar-refractivity contribution is 7.80. The summed E-state index contributed by atoms with van der Waals surface area (Å²) in [6.07, 6.45) is 0.910. The number of aromatic nitrogens is 1. The van der Waals surface area contributed by atoms with Crippen molar-refractivity contribution in [1.29, 1.82) is 5.26 Å². The fourth-order valence-corrected chi connectivity index (χ4v) is 2.82. The van der Waals surface area contributed by atoms with Crippen molar-refractivity contribution in [2.75, 3.05) is 38.7 Å². The Bertz CT molecular complexity index is 816. The summed E-state index contributed by atoms with van der Waals surface area (Å²) in [6, 6.07) is 8.27. The maximum Gasteiger partial charge on any atom is 0.290 e. The highest BCUT2D eigenvalue weighted by Crippen LogP contribution is 2.21. The van der Waals surface area contributed by atoms with Crippen LogP contribution >= 0.6 is 12.2 Å². The Kier molecular flexibility index (Phi) is 7.57. The fourth-order valence-electron chi connectivity index (χ4n) is 2.62.